The quantitative estimate of drug-likeness (QED) is 0.506. The van der Waals surface area contributed by atoms with Gasteiger partial charge in [0, 0.05) is 5.56 Å². The molecule has 5 nitrogen and oxygen atoms in total. The topological polar surface area (TPSA) is 67.8 Å². The Morgan fingerprint density at radius 1 is 0.821 bits per heavy atom. The second-order valence-electron chi connectivity index (χ2n) is 6.54. The largest absolute Gasteiger partial charge is 0.329 e. The molecular weight excluding hydrogens is 350 g/mol. The van der Waals surface area contributed by atoms with Crippen molar-refractivity contribution in [1.82, 2.24) is 9.13 Å². The van der Waals surface area contributed by atoms with Crippen LogP contribution in [0.15, 0.2) is 83.7 Å². The Bertz CT molecular complexity index is 1240. The standard InChI is InChI=1S/C23H17N3O2/c24-14-17-10-12-19(13-11-17)22(27)16-26-21-9-5-4-8-20(21)25(23(26)28)15-18-6-2-1-3-7-18/h1-13H,15-16H2. The maximum Gasteiger partial charge on any atom is 0.329 e. The van der Waals surface area contributed by atoms with Gasteiger partial charge in [-0.15, -0.1) is 0 Å². The minimum absolute atomic E-state index is 0.0486. The minimum atomic E-state index is -0.216. The van der Waals surface area contributed by atoms with Crippen molar-refractivity contribution in [3.05, 3.63) is 106 Å². The fourth-order valence-electron chi connectivity index (χ4n) is 3.31. The number of nitrogens with zero attached hydrogens (tertiary/aromatic N) is 3. The lowest BCUT2D eigenvalue weighted by Crippen LogP contribution is -2.27. The van der Waals surface area contributed by atoms with Crippen LogP contribution < -0.4 is 5.69 Å². The Morgan fingerprint density at radius 2 is 1.43 bits per heavy atom. The van der Waals surface area contributed by atoms with Crippen molar-refractivity contribution in [2.75, 3.05) is 0 Å². The van der Waals surface area contributed by atoms with E-state index in [9.17, 15) is 9.59 Å². The maximum atomic E-state index is 13.1. The first-order valence-corrected chi connectivity index (χ1v) is 8.93. The molecule has 0 saturated carbocycles. The van der Waals surface area contributed by atoms with Gasteiger partial charge in [-0.1, -0.05) is 54.6 Å². The molecule has 5 heteroatoms. The summed E-state index contributed by atoms with van der Waals surface area (Å²) in [6, 6.07) is 25.7. The summed E-state index contributed by atoms with van der Waals surface area (Å²) in [5.74, 6) is -0.172. The minimum Gasteiger partial charge on any atom is -0.292 e. The van der Waals surface area contributed by atoms with Crippen molar-refractivity contribution in [2.24, 2.45) is 0 Å². The molecule has 136 valence electrons. The number of fused-ring (bicyclic) bond motifs is 1. The zero-order valence-electron chi connectivity index (χ0n) is 15.1. The van der Waals surface area contributed by atoms with Crippen LogP contribution >= 0.6 is 0 Å². The summed E-state index contributed by atoms with van der Waals surface area (Å²) in [7, 11) is 0. The van der Waals surface area contributed by atoms with Gasteiger partial charge in [0.2, 0.25) is 0 Å². The highest BCUT2D eigenvalue weighted by molar-refractivity contribution is 5.96. The van der Waals surface area contributed by atoms with Crippen molar-refractivity contribution in [3.63, 3.8) is 0 Å². The van der Waals surface area contributed by atoms with Gasteiger partial charge < -0.3 is 0 Å². The number of Topliss-reactive ketones (excluding diaryl/α,β-unsaturated/α-hetero) is 1. The van der Waals surface area contributed by atoms with E-state index in [1.54, 1.807) is 28.8 Å². The second kappa shape index (κ2) is 7.37. The van der Waals surface area contributed by atoms with Gasteiger partial charge in [-0.2, -0.15) is 5.26 Å². The monoisotopic (exact) mass is 367 g/mol. The van der Waals surface area contributed by atoms with Crippen LogP contribution in [0, 0.1) is 11.3 Å². The molecule has 0 aliphatic carbocycles. The lowest BCUT2D eigenvalue weighted by atomic mass is 10.1. The van der Waals surface area contributed by atoms with Gasteiger partial charge in [-0.25, -0.2) is 4.79 Å². The zero-order chi connectivity index (χ0) is 19.5. The van der Waals surface area contributed by atoms with Crippen molar-refractivity contribution >= 4 is 16.8 Å². The number of carbonyl (C=O) groups is 1. The Labute approximate surface area is 161 Å². The number of nitriles is 1. The van der Waals surface area contributed by atoms with Crippen LogP contribution in [0.2, 0.25) is 0 Å². The van der Waals surface area contributed by atoms with Crippen LogP contribution in [0.1, 0.15) is 21.5 Å². The van der Waals surface area contributed by atoms with Gasteiger partial charge in [0.15, 0.2) is 5.78 Å². The van der Waals surface area contributed by atoms with E-state index >= 15 is 0 Å². The summed E-state index contributed by atoms with van der Waals surface area (Å²) in [6.45, 7) is 0.394. The first-order valence-electron chi connectivity index (χ1n) is 8.93. The van der Waals surface area contributed by atoms with E-state index < -0.39 is 0 Å². The molecule has 0 aliphatic heterocycles. The summed E-state index contributed by atoms with van der Waals surface area (Å²) in [4.78, 5) is 25.8. The Kier molecular flexibility index (Phi) is 4.61. The molecule has 0 amide bonds. The van der Waals surface area contributed by atoms with E-state index in [1.807, 2.05) is 60.7 Å². The van der Waals surface area contributed by atoms with E-state index in [0.717, 1.165) is 16.6 Å². The van der Waals surface area contributed by atoms with E-state index in [-0.39, 0.29) is 18.0 Å². The van der Waals surface area contributed by atoms with E-state index in [1.165, 1.54) is 4.57 Å². The Morgan fingerprint density at radius 3 is 2.07 bits per heavy atom. The normalized spacial score (nSPS) is 10.7. The number of carbonyl (C=O) groups excluding carboxylic acids is 1. The summed E-state index contributed by atoms with van der Waals surface area (Å²) in [6.07, 6.45) is 0. The SMILES string of the molecule is N#Cc1ccc(C(=O)Cn2c(=O)n(Cc3ccccc3)c3ccccc32)cc1. The zero-order valence-corrected chi connectivity index (χ0v) is 15.1. The Hall–Kier alpha value is -3.91. The third-order valence-electron chi connectivity index (χ3n) is 4.75. The van der Waals surface area contributed by atoms with Crippen LogP contribution in [0.25, 0.3) is 11.0 Å². The van der Waals surface area contributed by atoms with Crippen molar-refractivity contribution in [2.45, 2.75) is 13.1 Å². The van der Waals surface area contributed by atoms with Gasteiger partial charge in [0.05, 0.1) is 35.8 Å². The predicted molar refractivity (Wildman–Crippen MR) is 107 cm³/mol. The second-order valence-corrected chi connectivity index (χ2v) is 6.54. The molecule has 0 spiro atoms. The lowest BCUT2D eigenvalue weighted by molar-refractivity contribution is 0.0972. The van der Waals surface area contributed by atoms with Crippen molar-refractivity contribution in [1.29, 1.82) is 5.26 Å². The molecule has 4 rings (SSSR count). The maximum absolute atomic E-state index is 13.1. The summed E-state index contributed by atoms with van der Waals surface area (Å²) >= 11 is 0. The number of para-hydroxylation sites is 2. The van der Waals surface area contributed by atoms with E-state index in [4.69, 9.17) is 5.26 Å². The average Bonchev–Trinajstić information content (AvgIpc) is 3.00. The van der Waals surface area contributed by atoms with E-state index in [0.29, 0.717) is 17.7 Å². The molecule has 0 unspecified atom stereocenters. The molecule has 0 saturated heterocycles. The molecule has 0 radical (unpaired) electrons. The highest BCUT2D eigenvalue weighted by Gasteiger charge is 2.16. The number of ketones is 1. The number of aromatic nitrogens is 2. The van der Waals surface area contributed by atoms with Crippen LogP contribution in [0.5, 0.6) is 0 Å². The molecule has 4 aromatic rings. The third kappa shape index (κ3) is 3.24. The molecule has 28 heavy (non-hydrogen) atoms. The molecule has 0 bridgehead atoms. The molecule has 0 aliphatic rings. The number of hydrogen-bond acceptors (Lipinski definition) is 3. The number of benzene rings is 3. The van der Waals surface area contributed by atoms with Crippen LogP contribution in [-0.4, -0.2) is 14.9 Å². The summed E-state index contributed by atoms with van der Waals surface area (Å²) in [5, 5.41) is 8.90. The van der Waals surface area contributed by atoms with Gasteiger partial charge in [0.25, 0.3) is 0 Å². The Balaban J connectivity index is 1.73. The number of hydrogen-bond donors (Lipinski definition) is 0. The van der Waals surface area contributed by atoms with Crippen LogP contribution in [-0.2, 0) is 13.1 Å². The number of imidazole rings is 1. The third-order valence-corrected chi connectivity index (χ3v) is 4.75. The van der Waals surface area contributed by atoms with Gasteiger partial charge in [0.1, 0.15) is 0 Å². The highest BCUT2D eigenvalue weighted by atomic mass is 16.2. The number of rotatable bonds is 5. The van der Waals surface area contributed by atoms with Crippen LogP contribution in [0.3, 0.4) is 0 Å². The highest BCUT2D eigenvalue weighted by Crippen LogP contribution is 2.15. The van der Waals surface area contributed by atoms with Gasteiger partial charge >= 0.3 is 5.69 Å². The first-order chi connectivity index (χ1) is 13.7. The summed E-state index contributed by atoms with van der Waals surface area (Å²) < 4.78 is 3.20. The molecule has 1 aromatic heterocycles. The van der Waals surface area contributed by atoms with Crippen molar-refractivity contribution in [3.8, 4) is 6.07 Å². The average molecular weight is 367 g/mol. The smallest absolute Gasteiger partial charge is 0.292 e. The molecule has 3 aromatic carbocycles. The van der Waals surface area contributed by atoms with Gasteiger partial charge in [-0.3, -0.25) is 13.9 Å². The predicted octanol–water partition coefficient (Wildman–Crippen LogP) is 3.61. The molecule has 1 heterocycles. The van der Waals surface area contributed by atoms with Crippen molar-refractivity contribution < 1.29 is 4.79 Å². The fraction of sp³-hybridized carbons (Fsp3) is 0.0870. The molecule has 0 N–H and O–H groups in total. The van der Waals surface area contributed by atoms with E-state index in [2.05, 4.69) is 0 Å². The van der Waals surface area contributed by atoms with Gasteiger partial charge in [-0.05, 0) is 29.8 Å². The van der Waals surface area contributed by atoms with Crippen LogP contribution in [0.4, 0.5) is 0 Å². The molecule has 0 fully saturated rings. The molecule has 0 atom stereocenters. The summed E-state index contributed by atoms with van der Waals surface area (Å²) in [5.41, 5.74) is 3.30. The first kappa shape index (κ1) is 17.5. The molecular formula is C23H17N3O2. The lowest BCUT2D eigenvalue weighted by Gasteiger charge is -2.04. The fourth-order valence-corrected chi connectivity index (χ4v) is 3.31.